The lowest BCUT2D eigenvalue weighted by atomic mass is 9.91. The number of hydrogen-bond acceptors (Lipinski definition) is 5. The average Bonchev–Trinajstić information content (AvgIpc) is 3.01. The lowest BCUT2D eigenvalue weighted by Gasteiger charge is -2.28. The molecule has 0 fully saturated rings. The first kappa shape index (κ1) is 18.6. The van der Waals surface area contributed by atoms with E-state index < -0.39 is 6.09 Å². The van der Waals surface area contributed by atoms with Gasteiger partial charge in [-0.05, 0) is 43.2 Å². The van der Waals surface area contributed by atoms with Crippen LogP contribution in [-0.4, -0.2) is 26.4 Å². The van der Waals surface area contributed by atoms with Gasteiger partial charge in [0, 0.05) is 24.0 Å². The first-order chi connectivity index (χ1) is 13.1. The Morgan fingerprint density at radius 2 is 1.96 bits per heavy atom. The molecule has 0 aromatic heterocycles. The zero-order valence-corrected chi connectivity index (χ0v) is 15.7. The highest BCUT2D eigenvalue weighted by Crippen LogP contribution is 2.49. The lowest BCUT2D eigenvalue weighted by Crippen LogP contribution is -2.26. The number of hydrogen-bond donors (Lipinski definition) is 1. The first-order valence-electron chi connectivity index (χ1n) is 9.00. The molecule has 0 spiro atoms. The molecule has 0 saturated carbocycles. The van der Waals surface area contributed by atoms with Crippen LogP contribution in [-0.2, 0) is 4.74 Å². The van der Waals surface area contributed by atoms with E-state index in [-0.39, 0.29) is 12.0 Å². The minimum Gasteiger partial charge on any atom is -0.497 e. The fourth-order valence-electron chi connectivity index (χ4n) is 3.59. The van der Waals surface area contributed by atoms with Crippen LogP contribution < -0.4 is 15.0 Å². The molecule has 1 amide bonds. The summed E-state index contributed by atoms with van der Waals surface area (Å²) in [7, 11) is 1.64. The van der Waals surface area contributed by atoms with E-state index in [1.165, 1.54) is 0 Å². The van der Waals surface area contributed by atoms with Gasteiger partial charge in [0.15, 0.2) is 0 Å². The van der Waals surface area contributed by atoms with Crippen LogP contribution in [0, 0.1) is 11.3 Å². The monoisotopic (exact) mass is 365 g/mol. The van der Waals surface area contributed by atoms with Gasteiger partial charge in [0.05, 0.1) is 31.7 Å². The number of nitrogens with zero attached hydrogens (tertiary/aromatic N) is 2. The van der Waals surface area contributed by atoms with Gasteiger partial charge in [0.25, 0.3) is 0 Å². The van der Waals surface area contributed by atoms with E-state index in [9.17, 15) is 10.1 Å². The lowest BCUT2D eigenvalue weighted by molar-refractivity contribution is 0.168. The van der Waals surface area contributed by atoms with Crippen molar-refractivity contribution in [3.63, 3.8) is 0 Å². The maximum atomic E-state index is 11.6. The number of benzene rings is 2. The molecule has 1 heterocycles. The van der Waals surface area contributed by atoms with Gasteiger partial charge in [0.2, 0.25) is 0 Å². The van der Waals surface area contributed by atoms with E-state index in [0.717, 1.165) is 29.1 Å². The molecular weight excluding hydrogens is 342 g/mol. The van der Waals surface area contributed by atoms with Gasteiger partial charge in [-0.1, -0.05) is 18.2 Å². The molecule has 0 radical (unpaired) electrons. The Balaban J connectivity index is 1.91. The van der Waals surface area contributed by atoms with Crippen LogP contribution in [0.15, 0.2) is 42.5 Å². The third kappa shape index (κ3) is 3.54. The van der Waals surface area contributed by atoms with E-state index in [0.29, 0.717) is 12.3 Å². The molecule has 2 aromatic carbocycles. The van der Waals surface area contributed by atoms with Crippen molar-refractivity contribution in [2.24, 2.45) is 0 Å². The normalized spacial score (nSPS) is 17.8. The van der Waals surface area contributed by atoms with E-state index in [1.54, 1.807) is 14.0 Å². The zero-order chi connectivity index (χ0) is 19.4. The van der Waals surface area contributed by atoms with Crippen LogP contribution >= 0.6 is 0 Å². The van der Waals surface area contributed by atoms with E-state index in [1.807, 2.05) is 42.5 Å². The van der Waals surface area contributed by atoms with Gasteiger partial charge in [-0.15, -0.1) is 0 Å². The fraction of sp³-hybridized carbons (Fsp3) is 0.333. The third-order valence-corrected chi connectivity index (χ3v) is 4.79. The molecule has 6 nitrogen and oxygen atoms in total. The number of nitrogens with one attached hydrogen (secondary N) is 1. The Labute approximate surface area is 159 Å². The number of carbonyl (C=O) groups is 1. The number of rotatable bonds is 5. The predicted octanol–water partition coefficient (Wildman–Crippen LogP) is 4.45. The van der Waals surface area contributed by atoms with Crippen molar-refractivity contribution >= 4 is 17.5 Å². The zero-order valence-electron chi connectivity index (χ0n) is 15.7. The van der Waals surface area contributed by atoms with Crippen LogP contribution in [0.25, 0.3) is 0 Å². The summed E-state index contributed by atoms with van der Waals surface area (Å²) in [4.78, 5) is 13.8. The third-order valence-electron chi connectivity index (χ3n) is 4.79. The van der Waals surface area contributed by atoms with Gasteiger partial charge < -0.3 is 14.4 Å². The Bertz CT molecular complexity index is 858. The maximum absolute atomic E-state index is 11.6. The summed E-state index contributed by atoms with van der Waals surface area (Å²) >= 11 is 0. The molecule has 1 aliphatic rings. The highest BCUT2D eigenvalue weighted by atomic mass is 16.5. The van der Waals surface area contributed by atoms with E-state index in [4.69, 9.17) is 9.47 Å². The van der Waals surface area contributed by atoms with Crippen LogP contribution in [0.3, 0.4) is 0 Å². The number of amides is 1. The number of ether oxygens (including phenoxy) is 2. The molecule has 27 heavy (non-hydrogen) atoms. The van der Waals surface area contributed by atoms with Crippen molar-refractivity contribution in [1.82, 2.24) is 0 Å². The second-order valence-electron chi connectivity index (χ2n) is 6.23. The number of likely N-dealkylation sites (N-methyl/N-ethyl adjacent to an activating group) is 1. The first-order valence-corrected chi connectivity index (χ1v) is 9.00. The fourth-order valence-corrected chi connectivity index (χ4v) is 3.59. The van der Waals surface area contributed by atoms with Crippen LogP contribution in [0.1, 0.15) is 36.9 Å². The Morgan fingerprint density at radius 3 is 2.56 bits per heavy atom. The Morgan fingerprint density at radius 1 is 1.22 bits per heavy atom. The molecule has 2 atom stereocenters. The van der Waals surface area contributed by atoms with E-state index in [2.05, 4.69) is 23.2 Å². The highest BCUT2D eigenvalue weighted by Gasteiger charge is 2.39. The van der Waals surface area contributed by atoms with Gasteiger partial charge >= 0.3 is 6.09 Å². The summed E-state index contributed by atoms with van der Waals surface area (Å²) < 4.78 is 10.2. The van der Waals surface area contributed by atoms with Crippen molar-refractivity contribution in [2.45, 2.75) is 25.8 Å². The summed E-state index contributed by atoms with van der Waals surface area (Å²) in [6, 6.07) is 15.8. The smallest absolute Gasteiger partial charge is 0.411 e. The van der Waals surface area contributed by atoms with Crippen LogP contribution in [0.2, 0.25) is 0 Å². The molecule has 2 unspecified atom stereocenters. The van der Waals surface area contributed by atoms with Gasteiger partial charge in [0.1, 0.15) is 5.75 Å². The Hall–Kier alpha value is -3.20. The van der Waals surface area contributed by atoms with Crippen molar-refractivity contribution in [3.8, 4) is 11.8 Å². The van der Waals surface area contributed by atoms with Crippen molar-refractivity contribution < 1.29 is 14.3 Å². The topological polar surface area (TPSA) is 74.6 Å². The average molecular weight is 365 g/mol. The van der Waals surface area contributed by atoms with Gasteiger partial charge in [-0.25, -0.2) is 4.79 Å². The predicted molar refractivity (Wildman–Crippen MR) is 104 cm³/mol. The SMILES string of the molecule is CCOC(=O)Nc1ccc(C2C(C#N)c3ccc(OC)cc3N2CC)cc1. The summed E-state index contributed by atoms with van der Waals surface area (Å²) in [6.45, 7) is 4.93. The van der Waals surface area contributed by atoms with Crippen molar-refractivity contribution in [1.29, 1.82) is 5.26 Å². The van der Waals surface area contributed by atoms with Crippen molar-refractivity contribution in [2.75, 3.05) is 30.5 Å². The maximum Gasteiger partial charge on any atom is 0.411 e. The van der Waals surface area contributed by atoms with Crippen LogP contribution in [0.4, 0.5) is 16.2 Å². The molecule has 140 valence electrons. The number of anilines is 2. The second kappa shape index (κ2) is 8.00. The molecule has 1 N–H and O–H groups in total. The number of nitriles is 1. The minimum atomic E-state index is -0.476. The number of methoxy groups -OCH3 is 1. The molecule has 1 aliphatic heterocycles. The van der Waals surface area contributed by atoms with Crippen molar-refractivity contribution in [3.05, 3.63) is 53.6 Å². The second-order valence-corrected chi connectivity index (χ2v) is 6.23. The molecular formula is C21H23N3O3. The molecule has 0 saturated heterocycles. The van der Waals surface area contributed by atoms with Gasteiger partial charge in [-0.3, -0.25) is 5.32 Å². The Kier molecular flexibility index (Phi) is 5.51. The molecule has 0 aliphatic carbocycles. The largest absolute Gasteiger partial charge is 0.497 e. The number of carbonyl (C=O) groups excluding carboxylic acids is 1. The summed E-state index contributed by atoms with van der Waals surface area (Å²) in [5.74, 6) is 0.508. The molecule has 6 heteroatoms. The minimum absolute atomic E-state index is 0.0845. The van der Waals surface area contributed by atoms with Crippen LogP contribution in [0.5, 0.6) is 5.75 Å². The molecule has 0 bridgehead atoms. The summed E-state index contributed by atoms with van der Waals surface area (Å²) in [6.07, 6.45) is -0.476. The molecule has 2 aromatic rings. The standard InChI is InChI=1S/C21H23N3O3/c1-4-24-19-12-16(26-3)10-11-17(19)18(13-22)20(24)14-6-8-15(9-7-14)23-21(25)27-5-2/h6-12,18,20H,4-5H2,1-3H3,(H,23,25). The summed E-state index contributed by atoms with van der Waals surface area (Å²) in [5.41, 5.74) is 3.72. The van der Waals surface area contributed by atoms with Gasteiger partial charge in [-0.2, -0.15) is 5.26 Å². The quantitative estimate of drug-likeness (QED) is 0.847. The highest BCUT2D eigenvalue weighted by molar-refractivity contribution is 5.84. The summed E-state index contributed by atoms with van der Waals surface area (Å²) in [5, 5.41) is 12.5. The van der Waals surface area contributed by atoms with E-state index >= 15 is 0 Å². The number of fused-ring (bicyclic) bond motifs is 1. The molecule has 3 rings (SSSR count).